The second-order valence-electron chi connectivity index (χ2n) is 4.21. The average molecular weight is 334 g/mol. The van der Waals surface area contributed by atoms with Crippen LogP contribution in [-0.2, 0) is 0 Å². The van der Waals surface area contributed by atoms with Gasteiger partial charge in [-0.2, -0.15) is 0 Å². The van der Waals surface area contributed by atoms with Crippen molar-refractivity contribution in [3.63, 3.8) is 0 Å². The Hall–Kier alpha value is -1.29. The SMILES string of the molecule is Cc1c2ccccc2c(O)c2ccc(I)cc12. The van der Waals surface area contributed by atoms with E-state index in [9.17, 15) is 5.11 Å². The van der Waals surface area contributed by atoms with Gasteiger partial charge >= 0.3 is 0 Å². The number of hydrogen-bond donors (Lipinski definition) is 1. The van der Waals surface area contributed by atoms with E-state index >= 15 is 0 Å². The van der Waals surface area contributed by atoms with Gasteiger partial charge in [0.1, 0.15) is 5.75 Å². The summed E-state index contributed by atoms with van der Waals surface area (Å²) in [6.07, 6.45) is 0. The summed E-state index contributed by atoms with van der Waals surface area (Å²) < 4.78 is 1.19. The first-order valence-corrected chi connectivity index (χ1v) is 6.56. The number of halogens is 1. The largest absolute Gasteiger partial charge is 0.507 e. The molecule has 0 radical (unpaired) electrons. The Balaban J connectivity index is 2.63. The van der Waals surface area contributed by atoms with E-state index in [4.69, 9.17) is 0 Å². The molecule has 84 valence electrons. The Morgan fingerprint density at radius 2 is 1.53 bits per heavy atom. The maximum Gasteiger partial charge on any atom is 0.131 e. The molecule has 0 fully saturated rings. The highest BCUT2D eigenvalue weighted by molar-refractivity contribution is 14.1. The number of hydrogen-bond acceptors (Lipinski definition) is 1. The summed E-state index contributed by atoms with van der Waals surface area (Å²) in [5.41, 5.74) is 1.23. The Morgan fingerprint density at radius 3 is 2.29 bits per heavy atom. The van der Waals surface area contributed by atoms with Gasteiger partial charge in [0.15, 0.2) is 0 Å². The minimum absolute atomic E-state index is 0.387. The Kier molecular flexibility index (Phi) is 2.47. The number of benzene rings is 3. The maximum absolute atomic E-state index is 10.3. The van der Waals surface area contributed by atoms with Crippen molar-refractivity contribution in [2.45, 2.75) is 6.92 Å². The average Bonchev–Trinajstić information content (AvgIpc) is 2.36. The van der Waals surface area contributed by atoms with Crippen LogP contribution in [0, 0.1) is 10.5 Å². The van der Waals surface area contributed by atoms with E-state index in [1.165, 1.54) is 9.13 Å². The normalized spacial score (nSPS) is 11.2. The van der Waals surface area contributed by atoms with E-state index in [2.05, 4.69) is 41.6 Å². The lowest BCUT2D eigenvalue weighted by molar-refractivity contribution is 0.487. The molecule has 0 heterocycles. The van der Waals surface area contributed by atoms with Gasteiger partial charge in [-0.15, -0.1) is 0 Å². The summed E-state index contributed by atoms with van der Waals surface area (Å²) in [6, 6.07) is 14.1. The zero-order valence-corrected chi connectivity index (χ0v) is 11.5. The van der Waals surface area contributed by atoms with E-state index in [1.807, 2.05) is 30.3 Å². The molecule has 1 nitrogen and oxygen atoms in total. The Bertz CT molecular complexity index is 732. The third-order valence-corrected chi connectivity index (χ3v) is 3.90. The smallest absolute Gasteiger partial charge is 0.131 e. The van der Waals surface area contributed by atoms with E-state index in [-0.39, 0.29) is 0 Å². The van der Waals surface area contributed by atoms with Crippen LogP contribution in [0.25, 0.3) is 21.5 Å². The maximum atomic E-state index is 10.3. The number of fused-ring (bicyclic) bond motifs is 2. The molecule has 0 saturated heterocycles. The van der Waals surface area contributed by atoms with E-state index < -0.39 is 0 Å². The van der Waals surface area contributed by atoms with Gasteiger partial charge in [0, 0.05) is 14.3 Å². The molecule has 0 aliphatic carbocycles. The monoisotopic (exact) mass is 334 g/mol. The third-order valence-electron chi connectivity index (χ3n) is 3.23. The zero-order chi connectivity index (χ0) is 12.0. The second-order valence-corrected chi connectivity index (χ2v) is 5.45. The van der Waals surface area contributed by atoms with Crippen molar-refractivity contribution < 1.29 is 5.11 Å². The van der Waals surface area contributed by atoms with Crippen LogP contribution in [0.1, 0.15) is 5.56 Å². The minimum atomic E-state index is 0.387. The first kappa shape index (κ1) is 10.8. The summed E-state index contributed by atoms with van der Waals surface area (Å²) >= 11 is 2.30. The number of aryl methyl sites for hydroxylation is 1. The van der Waals surface area contributed by atoms with Crippen LogP contribution in [0.3, 0.4) is 0 Å². The molecule has 3 aromatic carbocycles. The van der Waals surface area contributed by atoms with Gasteiger partial charge in [-0.05, 0) is 64.0 Å². The molecule has 0 saturated carbocycles. The van der Waals surface area contributed by atoms with Gasteiger partial charge in [0.25, 0.3) is 0 Å². The first-order valence-electron chi connectivity index (χ1n) is 5.48. The molecule has 0 bridgehead atoms. The molecule has 0 amide bonds. The number of phenols is 1. The second kappa shape index (κ2) is 3.88. The molecule has 3 rings (SSSR count). The molecule has 0 aliphatic heterocycles. The number of aromatic hydroxyl groups is 1. The van der Waals surface area contributed by atoms with Gasteiger partial charge < -0.3 is 5.11 Å². The van der Waals surface area contributed by atoms with Crippen molar-refractivity contribution in [2.75, 3.05) is 0 Å². The molecule has 0 unspecified atom stereocenters. The van der Waals surface area contributed by atoms with Crippen LogP contribution in [-0.4, -0.2) is 5.11 Å². The molecule has 0 atom stereocenters. The van der Waals surface area contributed by atoms with E-state index in [1.54, 1.807) is 0 Å². The quantitative estimate of drug-likeness (QED) is 0.470. The van der Waals surface area contributed by atoms with Gasteiger partial charge in [-0.3, -0.25) is 0 Å². The van der Waals surface area contributed by atoms with Crippen LogP contribution in [0.5, 0.6) is 5.75 Å². The van der Waals surface area contributed by atoms with Crippen LogP contribution in [0.15, 0.2) is 42.5 Å². The van der Waals surface area contributed by atoms with Crippen molar-refractivity contribution in [1.82, 2.24) is 0 Å². The molecule has 3 aromatic rings. The highest BCUT2D eigenvalue weighted by Crippen LogP contribution is 2.37. The highest BCUT2D eigenvalue weighted by atomic mass is 127. The van der Waals surface area contributed by atoms with Gasteiger partial charge in [-0.1, -0.05) is 24.3 Å². The summed E-state index contributed by atoms with van der Waals surface area (Å²) in [4.78, 5) is 0. The first-order chi connectivity index (χ1) is 8.18. The van der Waals surface area contributed by atoms with Crippen molar-refractivity contribution in [3.05, 3.63) is 51.6 Å². The predicted octanol–water partition coefficient (Wildman–Crippen LogP) is 4.61. The molecule has 2 heteroatoms. The lowest BCUT2D eigenvalue weighted by atomic mass is 9.97. The Labute approximate surface area is 113 Å². The molecule has 0 spiro atoms. The van der Waals surface area contributed by atoms with Crippen molar-refractivity contribution in [1.29, 1.82) is 0 Å². The van der Waals surface area contributed by atoms with Crippen molar-refractivity contribution >= 4 is 44.1 Å². The summed E-state index contributed by atoms with van der Waals surface area (Å²) in [5, 5.41) is 14.4. The fourth-order valence-electron chi connectivity index (χ4n) is 2.34. The molecule has 1 N–H and O–H groups in total. The fraction of sp³-hybridized carbons (Fsp3) is 0.0667. The molecule has 0 aromatic heterocycles. The van der Waals surface area contributed by atoms with E-state index in [0.717, 1.165) is 21.5 Å². The predicted molar refractivity (Wildman–Crippen MR) is 80.6 cm³/mol. The number of phenolic OH excluding ortho intramolecular Hbond substituents is 1. The van der Waals surface area contributed by atoms with Gasteiger partial charge in [0.05, 0.1) is 0 Å². The molecule has 0 aliphatic rings. The van der Waals surface area contributed by atoms with Crippen molar-refractivity contribution in [3.8, 4) is 5.75 Å². The van der Waals surface area contributed by atoms with Crippen LogP contribution >= 0.6 is 22.6 Å². The highest BCUT2D eigenvalue weighted by Gasteiger charge is 2.09. The summed E-state index contributed by atoms with van der Waals surface area (Å²) in [6.45, 7) is 2.11. The summed E-state index contributed by atoms with van der Waals surface area (Å²) in [7, 11) is 0. The van der Waals surface area contributed by atoms with Crippen LogP contribution in [0.4, 0.5) is 0 Å². The topological polar surface area (TPSA) is 20.2 Å². The Morgan fingerprint density at radius 1 is 0.882 bits per heavy atom. The summed E-state index contributed by atoms with van der Waals surface area (Å²) in [5.74, 6) is 0.387. The lowest BCUT2D eigenvalue weighted by Crippen LogP contribution is -1.85. The van der Waals surface area contributed by atoms with Crippen molar-refractivity contribution in [2.24, 2.45) is 0 Å². The van der Waals surface area contributed by atoms with Gasteiger partial charge in [0.2, 0.25) is 0 Å². The zero-order valence-electron chi connectivity index (χ0n) is 9.37. The molecular weight excluding hydrogens is 323 g/mol. The molecular formula is C15H11IO. The van der Waals surface area contributed by atoms with Gasteiger partial charge in [-0.25, -0.2) is 0 Å². The minimum Gasteiger partial charge on any atom is -0.507 e. The standard InChI is InChI=1S/C15H11IO/c1-9-11-4-2-3-5-12(11)15(17)13-7-6-10(16)8-14(9)13/h2-8,17H,1H3. The third kappa shape index (κ3) is 1.59. The van der Waals surface area contributed by atoms with Crippen LogP contribution < -0.4 is 0 Å². The number of rotatable bonds is 0. The lowest BCUT2D eigenvalue weighted by Gasteiger charge is -2.10. The van der Waals surface area contributed by atoms with E-state index in [0.29, 0.717) is 5.75 Å². The van der Waals surface area contributed by atoms with Crippen LogP contribution in [0.2, 0.25) is 0 Å². The fourth-order valence-corrected chi connectivity index (χ4v) is 2.83. The molecule has 17 heavy (non-hydrogen) atoms.